The van der Waals surface area contributed by atoms with Gasteiger partial charge in [-0.25, -0.2) is 0 Å². The van der Waals surface area contributed by atoms with Gasteiger partial charge in [0.25, 0.3) is 0 Å². The van der Waals surface area contributed by atoms with Gasteiger partial charge < -0.3 is 10.1 Å². The summed E-state index contributed by atoms with van der Waals surface area (Å²) < 4.78 is 5.46. The summed E-state index contributed by atoms with van der Waals surface area (Å²) in [6, 6.07) is 9.39. The second kappa shape index (κ2) is 5.35. The number of thiophene rings is 1. The summed E-state index contributed by atoms with van der Waals surface area (Å²) in [7, 11) is 1.74. The lowest BCUT2D eigenvalue weighted by molar-refractivity contribution is 0.407. The molecule has 2 aromatic rings. The fraction of sp³-hybridized carbons (Fsp3) is 0.375. The molecule has 1 aliphatic carbocycles. The van der Waals surface area contributed by atoms with Gasteiger partial charge in [0.15, 0.2) is 0 Å². The number of hydrogen-bond donors (Lipinski definition) is 1. The Morgan fingerprint density at radius 2 is 2.16 bits per heavy atom. The van der Waals surface area contributed by atoms with Crippen LogP contribution in [-0.2, 0) is 6.54 Å². The Labute approximate surface area is 118 Å². The highest BCUT2D eigenvalue weighted by atomic mass is 32.1. The molecule has 19 heavy (non-hydrogen) atoms. The predicted molar refractivity (Wildman–Crippen MR) is 80.9 cm³/mol. The van der Waals surface area contributed by atoms with Crippen molar-refractivity contribution in [2.24, 2.45) is 0 Å². The van der Waals surface area contributed by atoms with Crippen molar-refractivity contribution in [3.8, 4) is 16.9 Å². The molecule has 3 rings (SSSR count). The summed E-state index contributed by atoms with van der Waals surface area (Å²) in [5.41, 5.74) is 3.87. The monoisotopic (exact) mass is 273 g/mol. The van der Waals surface area contributed by atoms with Gasteiger partial charge in [0.05, 0.1) is 7.11 Å². The summed E-state index contributed by atoms with van der Waals surface area (Å²) in [5, 5.41) is 5.71. The van der Waals surface area contributed by atoms with E-state index in [9.17, 15) is 0 Å². The third-order valence-corrected chi connectivity index (χ3v) is 4.45. The van der Waals surface area contributed by atoms with Crippen molar-refractivity contribution in [3.05, 3.63) is 40.1 Å². The van der Waals surface area contributed by atoms with Crippen LogP contribution in [0.5, 0.6) is 5.75 Å². The molecule has 1 aromatic carbocycles. The lowest BCUT2D eigenvalue weighted by atomic mass is 10.0. The van der Waals surface area contributed by atoms with Crippen LogP contribution in [0.1, 0.15) is 23.3 Å². The van der Waals surface area contributed by atoms with Gasteiger partial charge in [0.2, 0.25) is 0 Å². The molecule has 1 heterocycles. The fourth-order valence-electron chi connectivity index (χ4n) is 2.31. The van der Waals surface area contributed by atoms with Crippen LogP contribution in [0.3, 0.4) is 0 Å². The summed E-state index contributed by atoms with van der Waals surface area (Å²) in [6.07, 6.45) is 2.62. The predicted octanol–water partition coefficient (Wildman–Crippen LogP) is 3.98. The van der Waals surface area contributed by atoms with Crippen molar-refractivity contribution >= 4 is 11.3 Å². The van der Waals surface area contributed by atoms with Crippen molar-refractivity contribution in [1.29, 1.82) is 0 Å². The van der Waals surface area contributed by atoms with E-state index in [1.54, 1.807) is 18.4 Å². The maximum atomic E-state index is 5.46. The minimum Gasteiger partial charge on any atom is -0.496 e. The molecule has 1 aromatic heterocycles. The SMILES string of the molecule is COc1ccc(-c2ccsc2C)cc1CNC1CC1. The summed E-state index contributed by atoms with van der Waals surface area (Å²) in [6.45, 7) is 3.07. The molecule has 3 heteroatoms. The number of aryl methyl sites for hydroxylation is 1. The second-order valence-electron chi connectivity index (χ2n) is 5.07. The Morgan fingerprint density at radius 3 is 2.79 bits per heavy atom. The minimum atomic E-state index is 0.719. The standard InChI is InChI=1S/C16H19NOS/c1-11-15(7-8-19-11)12-3-6-16(18-2)13(9-12)10-17-14-4-5-14/h3,6-9,14,17H,4-5,10H2,1-2H3. The van der Waals surface area contributed by atoms with E-state index < -0.39 is 0 Å². The highest BCUT2D eigenvalue weighted by Crippen LogP contribution is 2.31. The Hall–Kier alpha value is -1.32. The molecule has 0 unspecified atom stereocenters. The van der Waals surface area contributed by atoms with Crippen LogP contribution in [0.4, 0.5) is 0 Å². The number of ether oxygens (including phenoxy) is 1. The molecule has 0 bridgehead atoms. The first kappa shape index (κ1) is 12.7. The van der Waals surface area contributed by atoms with E-state index in [1.807, 2.05) is 0 Å². The molecule has 1 aliphatic rings. The van der Waals surface area contributed by atoms with Gasteiger partial charge in [0, 0.05) is 23.0 Å². The first-order valence-corrected chi connectivity index (χ1v) is 7.60. The van der Waals surface area contributed by atoms with Crippen molar-refractivity contribution < 1.29 is 4.74 Å². The van der Waals surface area contributed by atoms with E-state index in [0.29, 0.717) is 0 Å². The molecule has 0 atom stereocenters. The van der Waals surface area contributed by atoms with Crippen molar-refractivity contribution in [2.45, 2.75) is 32.4 Å². The highest BCUT2D eigenvalue weighted by Gasteiger charge is 2.20. The zero-order valence-corrected chi connectivity index (χ0v) is 12.2. The van der Waals surface area contributed by atoms with Gasteiger partial charge in [-0.2, -0.15) is 0 Å². The first-order chi connectivity index (χ1) is 9.28. The van der Waals surface area contributed by atoms with Crippen molar-refractivity contribution in [1.82, 2.24) is 5.32 Å². The van der Waals surface area contributed by atoms with Crippen molar-refractivity contribution in [2.75, 3.05) is 7.11 Å². The number of methoxy groups -OCH3 is 1. The molecule has 0 radical (unpaired) electrons. The zero-order valence-electron chi connectivity index (χ0n) is 11.4. The lowest BCUT2D eigenvalue weighted by Gasteiger charge is -2.11. The van der Waals surface area contributed by atoms with Crippen LogP contribution in [0.2, 0.25) is 0 Å². The van der Waals surface area contributed by atoms with E-state index in [1.165, 1.54) is 34.4 Å². The van der Waals surface area contributed by atoms with E-state index in [0.717, 1.165) is 18.3 Å². The first-order valence-electron chi connectivity index (χ1n) is 6.72. The van der Waals surface area contributed by atoms with Crippen LogP contribution >= 0.6 is 11.3 Å². The Bertz CT molecular complexity index is 572. The highest BCUT2D eigenvalue weighted by molar-refractivity contribution is 7.10. The summed E-state index contributed by atoms with van der Waals surface area (Å²) in [4.78, 5) is 1.37. The molecule has 0 aliphatic heterocycles. The third-order valence-electron chi connectivity index (χ3n) is 3.61. The van der Waals surface area contributed by atoms with Crippen LogP contribution in [0.25, 0.3) is 11.1 Å². The largest absolute Gasteiger partial charge is 0.496 e. The lowest BCUT2D eigenvalue weighted by Crippen LogP contribution is -2.15. The maximum absolute atomic E-state index is 5.46. The quantitative estimate of drug-likeness (QED) is 0.889. The van der Waals surface area contributed by atoms with Gasteiger partial charge in [-0.3, -0.25) is 0 Å². The Kier molecular flexibility index (Phi) is 3.58. The summed E-state index contributed by atoms with van der Waals surface area (Å²) >= 11 is 1.80. The molecular formula is C16H19NOS. The molecular weight excluding hydrogens is 254 g/mol. The molecule has 1 saturated carbocycles. The molecule has 1 N–H and O–H groups in total. The van der Waals surface area contributed by atoms with Gasteiger partial charge in [-0.15, -0.1) is 11.3 Å². The molecule has 1 fully saturated rings. The topological polar surface area (TPSA) is 21.3 Å². The smallest absolute Gasteiger partial charge is 0.123 e. The van der Waals surface area contributed by atoms with Gasteiger partial charge >= 0.3 is 0 Å². The number of hydrogen-bond acceptors (Lipinski definition) is 3. The average molecular weight is 273 g/mol. The Balaban J connectivity index is 1.89. The van der Waals surface area contributed by atoms with Gasteiger partial charge in [-0.1, -0.05) is 6.07 Å². The molecule has 100 valence electrons. The zero-order chi connectivity index (χ0) is 13.2. The van der Waals surface area contributed by atoms with Gasteiger partial charge in [-0.05, 0) is 54.5 Å². The second-order valence-corrected chi connectivity index (χ2v) is 6.19. The van der Waals surface area contributed by atoms with E-state index in [4.69, 9.17) is 4.74 Å². The maximum Gasteiger partial charge on any atom is 0.123 e. The van der Waals surface area contributed by atoms with E-state index >= 15 is 0 Å². The van der Waals surface area contributed by atoms with E-state index in [2.05, 4.69) is 41.9 Å². The fourth-order valence-corrected chi connectivity index (χ4v) is 3.03. The summed E-state index contributed by atoms with van der Waals surface area (Å²) in [5.74, 6) is 0.977. The molecule has 0 spiro atoms. The molecule has 0 amide bonds. The van der Waals surface area contributed by atoms with Crippen LogP contribution in [0.15, 0.2) is 29.6 Å². The number of benzene rings is 1. The number of rotatable bonds is 5. The molecule has 2 nitrogen and oxygen atoms in total. The van der Waals surface area contributed by atoms with Gasteiger partial charge in [0.1, 0.15) is 5.75 Å². The van der Waals surface area contributed by atoms with E-state index in [-0.39, 0.29) is 0 Å². The minimum absolute atomic E-state index is 0.719. The third kappa shape index (κ3) is 2.82. The van der Waals surface area contributed by atoms with Crippen molar-refractivity contribution in [3.63, 3.8) is 0 Å². The Morgan fingerprint density at radius 1 is 1.32 bits per heavy atom. The average Bonchev–Trinajstić information content (AvgIpc) is 3.17. The van der Waals surface area contributed by atoms with Crippen LogP contribution in [-0.4, -0.2) is 13.2 Å². The number of nitrogens with one attached hydrogen (secondary N) is 1. The normalized spacial score (nSPS) is 14.6. The van der Waals surface area contributed by atoms with Crippen LogP contribution < -0.4 is 10.1 Å². The molecule has 0 saturated heterocycles. The van der Waals surface area contributed by atoms with Crippen LogP contribution in [0, 0.1) is 6.92 Å².